The van der Waals surface area contributed by atoms with E-state index in [0.717, 1.165) is 55.0 Å². The van der Waals surface area contributed by atoms with Gasteiger partial charge in [0.25, 0.3) is 15.9 Å². The van der Waals surface area contributed by atoms with E-state index in [1.165, 1.54) is 27.8 Å². The van der Waals surface area contributed by atoms with Crippen LogP contribution in [0.25, 0.3) is 10.2 Å². The molecule has 0 radical (unpaired) electrons. The predicted molar refractivity (Wildman–Crippen MR) is 167 cm³/mol. The Morgan fingerprint density at radius 1 is 1.02 bits per heavy atom. The van der Waals surface area contributed by atoms with Crippen LogP contribution in [-0.4, -0.2) is 70.1 Å². The lowest BCUT2D eigenvalue weighted by atomic mass is 10.2. The number of morpholine rings is 1. The van der Waals surface area contributed by atoms with Crippen LogP contribution < -0.4 is 9.21 Å². The van der Waals surface area contributed by atoms with Crippen molar-refractivity contribution < 1.29 is 17.9 Å². The number of carbonyl (C=O) groups excluding carboxylic acids is 1. The van der Waals surface area contributed by atoms with Gasteiger partial charge in [-0.25, -0.2) is 13.4 Å². The summed E-state index contributed by atoms with van der Waals surface area (Å²) in [5.74, 6) is -0.220. The Morgan fingerprint density at radius 2 is 1.78 bits per heavy atom. The third kappa shape index (κ3) is 6.23. The summed E-state index contributed by atoms with van der Waals surface area (Å²) in [5, 5.41) is 1.21. The molecule has 41 heavy (non-hydrogen) atoms. The molecule has 2 aliphatic heterocycles. The van der Waals surface area contributed by atoms with Gasteiger partial charge < -0.3 is 4.74 Å². The highest BCUT2D eigenvalue weighted by Crippen LogP contribution is 2.34. The number of ether oxygens (including phenoxy) is 1. The highest BCUT2D eigenvalue weighted by molar-refractivity contribution is 7.92. The Balaban J connectivity index is 0.00000337. The summed E-state index contributed by atoms with van der Waals surface area (Å²) in [7, 11) is -3.75. The Labute approximate surface area is 254 Å². The fourth-order valence-corrected chi connectivity index (χ4v) is 7.94. The van der Waals surface area contributed by atoms with Crippen LogP contribution in [0, 0.1) is 0 Å². The smallest absolute Gasteiger partial charge is 0.264 e. The monoisotopic (exact) mass is 632 g/mol. The summed E-state index contributed by atoms with van der Waals surface area (Å²) in [5.41, 5.74) is 2.92. The molecule has 8 nitrogen and oxygen atoms in total. The number of nitrogens with zero attached hydrogens (tertiary/aromatic N) is 4. The first-order valence-corrected chi connectivity index (χ1v) is 15.9. The Morgan fingerprint density at radius 3 is 2.56 bits per heavy atom. The lowest BCUT2D eigenvalue weighted by Crippen LogP contribution is -2.39. The maximum atomic E-state index is 13.8. The van der Waals surface area contributed by atoms with Crippen molar-refractivity contribution in [3.05, 3.63) is 82.9 Å². The first-order valence-electron chi connectivity index (χ1n) is 13.3. The summed E-state index contributed by atoms with van der Waals surface area (Å²) in [6.07, 6.45) is 1.45. The predicted octanol–water partition coefficient (Wildman–Crippen LogP) is 5.49. The lowest BCUT2D eigenvalue weighted by molar-refractivity contribution is 0.0376. The van der Waals surface area contributed by atoms with Crippen LogP contribution in [0.15, 0.2) is 71.6 Å². The zero-order chi connectivity index (χ0) is 27.7. The van der Waals surface area contributed by atoms with Gasteiger partial charge in [0, 0.05) is 43.3 Å². The largest absolute Gasteiger partial charge is 0.379 e. The van der Waals surface area contributed by atoms with Crippen LogP contribution in [-0.2, 0) is 21.2 Å². The molecule has 0 atom stereocenters. The second-order valence-electron chi connectivity index (χ2n) is 9.85. The maximum absolute atomic E-state index is 13.8. The van der Waals surface area contributed by atoms with Crippen molar-refractivity contribution in [1.82, 2.24) is 9.88 Å². The van der Waals surface area contributed by atoms with Gasteiger partial charge in [-0.1, -0.05) is 41.1 Å². The molecule has 0 unspecified atom stereocenters. The number of benzene rings is 3. The van der Waals surface area contributed by atoms with Crippen molar-refractivity contribution in [3.63, 3.8) is 0 Å². The van der Waals surface area contributed by atoms with E-state index in [1.807, 2.05) is 36.4 Å². The molecule has 3 heterocycles. The Hall–Kier alpha value is -2.73. The molecule has 0 saturated carbocycles. The number of aromatic nitrogens is 1. The maximum Gasteiger partial charge on any atom is 0.264 e. The van der Waals surface area contributed by atoms with E-state index >= 15 is 0 Å². The molecule has 1 fully saturated rings. The van der Waals surface area contributed by atoms with Gasteiger partial charge in [0.1, 0.15) is 0 Å². The number of hydrogen-bond donors (Lipinski definition) is 0. The number of thiazole rings is 1. The topological polar surface area (TPSA) is 83.1 Å². The van der Waals surface area contributed by atoms with Crippen molar-refractivity contribution in [1.29, 1.82) is 0 Å². The SMILES string of the molecule is Cl.O=C(c1ccc(S(=O)(=O)N2CCc3ccccc32)cc1)N(CCCN1CCOCC1)c1nc2ccc(Cl)cc2s1. The quantitative estimate of drug-likeness (QED) is 0.255. The molecule has 1 saturated heterocycles. The molecular formula is C29H30Cl2N4O4S2. The van der Waals surface area contributed by atoms with Gasteiger partial charge in [0.15, 0.2) is 5.13 Å². The van der Waals surface area contributed by atoms with Gasteiger partial charge in [0.05, 0.1) is 34.0 Å². The normalized spacial score (nSPS) is 15.5. The number of amides is 1. The standard InChI is InChI=1S/C29H29ClN4O4S2.ClH/c30-23-8-11-25-27(20-23)39-29(31-25)33(14-3-13-32-16-18-38-19-17-32)28(35)22-6-9-24(10-7-22)40(36,37)34-15-12-21-4-1-2-5-26(21)34;/h1-2,4-11,20H,3,12-19H2;1H. The Kier molecular flexibility index (Phi) is 9.18. The number of hydrogen-bond acceptors (Lipinski definition) is 7. The van der Waals surface area contributed by atoms with Gasteiger partial charge in [-0.2, -0.15) is 0 Å². The van der Waals surface area contributed by atoms with Gasteiger partial charge in [-0.05, 0) is 66.9 Å². The summed E-state index contributed by atoms with van der Waals surface area (Å²) in [6.45, 7) is 4.93. The first kappa shape index (κ1) is 29.8. The average molecular weight is 634 g/mol. The molecule has 1 amide bonds. The highest BCUT2D eigenvalue weighted by atomic mass is 35.5. The van der Waals surface area contributed by atoms with Crippen LogP contribution in [0.2, 0.25) is 5.02 Å². The second kappa shape index (κ2) is 12.6. The van der Waals surface area contributed by atoms with Crippen molar-refractivity contribution in [2.24, 2.45) is 0 Å². The van der Waals surface area contributed by atoms with Gasteiger partial charge in [-0.3, -0.25) is 18.9 Å². The van der Waals surface area contributed by atoms with E-state index < -0.39 is 10.0 Å². The van der Waals surface area contributed by atoms with Crippen molar-refractivity contribution in [2.75, 3.05) is 55.1 Å². The molecule has 6 rings (SSSR count). The number of rotatable bonds is 8. The number of sulfonamides is 1. The molecule has 0 aliphatic carbocycles. The number of carbonyl (C=O) groups is 1. The molecule has 12 heteroatoms. The molecular weight excluding hydrogens is 603 g/mol. The molecule has 216 valence electrons. The van der Waals surface area contributed by atoms with E-state index in [4.69, 9.17) is 21.3 Å². The number of halogens is 2. The molecule has 1 aromatic heterocycles. The summed E-state index contributed by atoms with van der Waals surface area (Å²) in [4.78, 5) is 22.7. The van der Waals surface area contributed by atoms with Crippen molar-refractivity contribution >= 4 is 72.3 Å². The van der Waals surface area contributed by atoms with Crippen LogP contribution in [0.4, 0.5) is 10.8 Å². The van der Waals surface area contributed by atoms with E-state index in [1.54, 1.807) is 23.1 Å². The minimum Gasteiger partial charge on any atom is -0.379 e. The van der Waals surface area contributed by atoms with Gasteiger partial charge in [-0.15, -0.1) is 12.4 Å². The minimum atomic E-state index is -3.75. The highest BCUT2D eigenvalue weighted by Gasteiger charge is 2.31. The van der Waals surface area contributed by atoms with Crippen molar-refractivity contribution in [3.8, 4) is 0 Å². The third-order valence-electron chi connectivity index (χ3n) is 7.31. The third-order valence-corrected chi connectivity index (χ3v) is 10.4. The summed E-state index contributed by atoms with van der Waals surface area (Å²) < 4.78 is 34.7. The number of para-hydroxylation sites is 1. The molecule has 0 bridgehead atoms. The second-order valence-corrected chi connectivity index (χ2v) is 13.2. The zero-order valence-electron chi connectivity index (χ0n) is 22.2. The van der Waals surface area contributed by atoms with Crippen LogP contribution in [0.3, 0.4) is 0 Å². The molecule has 0 spiro atoms. The van der Waals surface area contributed by atoms with Crippen LogP contribution >= 0.6 is 35.3 Å². The lowest BCUT2D eigenvalue weighted by Gasteiger charge is -2.27. The van der Waals surface area contributed by atoms with E-state index in [-0.39, 0.29) is 23.2 Å². The molecule has 2 aliphatic rings. The summed E-state index contributed by atoms with van der Waals surface area (Å²) >= 11 is 7.61. The van der Waals surface area contributed by atoms with Crippen LogP contribution in [0.5, 0.6) is 0 Å². The fourth-order valence-electron chi connectivity index (χ4n) is 5.17. The van der Waals surface area contributed by atoms with Gasteiger partial charge in [0.2, 0.25) is 0 Å². The number of anilines is 2. The fraction of sp³-hybridized carbons (Fsp3) is 0.310. The van der Waals surface area contributed by atoms with E-state index in [0.29, 0.717) is 40.9 Å². The van der Waals surface area contributed by atoms with Crippen molar-refractivity contribution in [2.45, 2.75) is 17.7 Å². The first-order chi connectivity index (χ1) is 19.4. The molecule has 3 aromatic carbocycles. The Bertz CT molecular complexity index is 1640. The average Bonchev–Trinajstić information content (AvgIpc) is 3.60. The minimum absolute atomic E-state index is 0. The van der Waals surface area contributed by atoms with E-state index in [9.17, 15) is 13.2 Å². The van der Waals surface area contributed by atoms with E-state index in [2.05, 4.69) is 4.90 Å². The van der Waals surface area contributed by atoms with Gasteiger partial charge >= 0.3 is 0 Å². The zero-order valence-corrected chi connectivity index (χ0v) is 25.4. The van der Waals surface area contributed by atoms with Crippen LogP contribution in [0.1, 0.15) is 22.3 Å². The molecule has 4 aromatic rings. The number of fused-ring (bicyclic) bond motifs is 2. The summed E-state index contributed by atoms with van der Waals surface area (Å²) in [6, 6.07) is 19.3. The molecule has 0 N–H and O–H groups in total.